The van der Waals surface area contributed by atoms with E-state index in [0.717, 1.165) is 38.8 Å². The lowest BCUT2D eigenvalue weighted by atomic mass is 10.0. The van der Waals surface area contributed by atoms with Gasteiger partial charge in [0.1, 0.15) is 23.0 Å². The minimum absolute atomic E-state index is 0.114. The maximum atomic E-state index is 12.9. The topological polar surface area (TPSA) is 63.5 Å². The molecule has 1 aromatic heterocycles. The normalized spacial score (nSPS) is 12.2. The second-order valence-corrected chi connectivity index (χ2v) is 7.78. The summed E-state index contributed by atoms with van der Waals surface area (Å²) < 4.78 is 11.6. The fourth-order valence-electron chi connectivity index (χ4n) is 3.94. The van der Waals surface area contributed by atoms with Gasteiger partial charge in [-0.1, -0.05) is 35.9 Å². The molecule has 0 saturated heterocycles. The SMILES string of the molecule is COc1cc2c(cc1N[C@H](C)C(=O)Nc1c(C)cc(C)cc1C)oc1ccccc12. The zero-order valence-corrected chi connectivity index (χ0v) is 17.9. The highest BCUT2D eigenvalue weighted by Gasteiger charge is 2.19. The number of amides is 1. The van der Waals surface area contributed by atoms with E-state index in [-0.39, 0.29) is 5.91 Å². The molecule has 4 rings (SSSR count). The second-order valence-electron chi connectivity index (χ2n) is 7.78. The zero-order valence-electron chi connectivity index (χ0n) is 17.9. The molecule has 1 amide bonds. The fraction of sp³-hybridized carbons (Fsp3) is 0.240. The van der Waals surface area contributed by atoms with Crippen LogP contribution in [0.3, 0.4) is 0 Å². The van der Waals surface area contributed by atoms with Crippen LogP contribution in [0.2, 0.25) is 0 Å². The third kappa shape index (κ3) is 3.59. The highest BCUT2D eigenvalue weighted by atomic mass is 16.5. The van der Waals surface area contributed by atoms with Crippen LogP contribution in [0.25, 0.3) is 21.9 Å². The molecule has 0 bridgehead atoms. The van der Waals surface area contributed by atoms with Gasteiger partial charge in [0, 0.05) is 22.5 Å². The lowest BCUT2D eigenvalue weighted by molar-refractivity contribution is -0.116. The van der Waals surface area contributed by atoms with Gasteiger partial charge in [-0.25, -0.2) is 0 Å². The number of rotatable bonds is 5. The van der Waals surface area contributed by atoms with Crippen molar-refractivity contribution in [1.29, 1.82) is 0 Å². The molecule has 1 atom stereocenters. The molecule has 5 heteroatoms. The van der Waals surface area contributed by atoms with Crippen LogP contribution < -0.4 is 15.4 Å². The molecular weight excluding hydrogens is 376 g/mol. The van der Waals surface area contributed by atoms with E-state index in [2.05, 4.69) is 29.7 Å². The van der Waals surface area contributed by atoms with Gasteiger partial charge >= 0.3 is 0 Å². The summed E-state index contributed by atoms with van der Waals surface area (Å²) in [5.41, 5.74) is 6.42. The molecule has 0 spiro atoms. The van der Waals surface area contributed by atoms with Gasteiger partial charge in [0.25, 0.3) is 0 Å². The van der Waals surface area contributed by atoms with Crippen molar-refractivity contribution in [3.05, 3.63) is 65.2 Å². The Hall–Kier alpha value is -3.47. The van der Waals surface area contributed by atoms with Gasteiger partial charge in [-0.05, 0) is 51.0 Å². The number of nitrogens with one attached hydrogen (secondary N) is 2. The summed E-state index contributed by atoms with van der Waals surface area (Å²) in [7, 11) is 1.62. The second kappa shape index (κ2) is 7.75. The third-order valence-electron chi connectivity index (χ3n) is 5.39. The standard InChI is InChI=1S/C25H26N2O3/c1-14-10-15(2)24(16(3)11-14)27-25(28)17(4)26-20-13-22-19(12-23(20)29-5)18-8-6-7-9-21(18)30-22/h6-13,17,26H,1-5H3,(H,27,28)/t17-/m1/s1. The Kier molecular flexibility index (Phi) is 5.12. The number of para-hydroxylation sites is 1. The molecule has 3 aromatic carbocycles. The summed E-state index contributed by atoms with van der Waals surface area (Å²) in [6.45, 7) is 7.89. The van der Waals surface area contributed by atoms with Gasteiger partial charge in [-0.2, -0.15) is 0 Å². The first-order valence-corrected chi connectivity index (χ1v) is 10.0. The van der Waals surface area contributed by atoms with E-state index in [4.69, 9.17) is 9.15 Å². The van der Waals surface area contributed by atoms with Crippen molar-refractivity contribution in [3.63, 3.8) is 0 Å². The average molecular weight is 402 g/mol. The predicted molar refractivity (Wildman–Crippen MR) is 123 cm³/mol. The molecule has 4 aromatic rings. The van der Waals surface area contributed by atoms with Crippen LogP contribution in [-0.2, 0) is 4.79 Å². The molecule has 0 unspecified atom stereocenters. The molecule has 154 valence electrons. The first-order valence-electron chi connectivity index (χ1n) is 10.0. The van der Waals surface area contributed by atoms with Crippen molar-refractivity contribution in [3.8, 4) is 5.75 Å². The lowest BCUT2D eigenvalue weighted by Gasteiger charge is -2.19. The van der Waals surface area contributed by atoms with Gasteiger partial charge < -0.3 is 19.8 Å². The van der Waals surface area contributed by atoms with E-state index < -0.39 is 6.04 Å². The number of benzene rings is 3. The summed E-state index contributed by atoms with van der Waals surface area (Å²) in [6, 6.07) is 15.4. The lowest BCUT2D eigenvalue weighted by Crippen LogP contribution is -2.32. The maximum Gasteiger partial charge on any atom is 0.246 e. The average Bonchev–Trinajstić information content (AvgIpc) is 3.07. The van der Waals surface area contributed by atoms with E-state index in [9.17, 15) is 4.79 Å². The Bertz CT molecular complexity index is 1230. The van der Waals surface area contributed by atoms with E-state index in [1.54, 1.807) is 7.11 Å². The number of hydrogen-bond acceptors (Lipinski definition) is 4. The van der Waals surface area contributed by atoms with Gasteiger partial charge in [-0.3, -0.25) is 4.79 Å². The minimum Gasteiger partial charge on any atom is -0.495 e. The molecule has 0 aliphatic carbocycles. The van der Waals surface area contributed by atoms with Crippen LogP contribution in [0.1, 0.15) is 23.6 Å². The van der Waals surface area contributed by atoms with Gasteiger partial charge in [0.05, 0.1) is 12.8 Å². The summed E-state index contributed by atoms with van der Waals surface area (Å²) in [6.07, 6.45) is 0. The Morgan fingerprint density at radius 1 is 0.967 bits per heavy atom. The monoisotopic (exact) mass is 402 g/mol. The number of aryl methyl sites for hydroxylation is 3. The molecule has 0 radical (unpaired) electrons. The van der Waals surface area contributed by atoms with Crippen molar-refractivity contribution in [2.45, 2.75) is 33.7 Å². The van der Waals surface area contributed by atoms with Crippen LogP contribution in [0.4, 0.5) is 11.4 Å². The Labute approximate surface area is 176 Å². The number of anilines is 2. The molecule has 1 heterocycles. The molecular formula is C25H26N2O3. The molecule has 0 saturated carbocycles. The number of carbonyl (C=O) groups is 1. The highest BCUT2D eigenvalue weighted by Crippen LogP contribution is 2.36. The van der Waals surface area contributed by atoms with Crippen molar-refractivity contribution >= 4 is 39.2 Å². The number of furan rings is 1. The van der Waals surface area contributed by atoms with Crippen molar-refractivity contribution in [2.24, 2.45) is 0 Å². The largest absolute Gasteiger partial charge is 0.495 e. The Balaban J connectivity index is 1.61. The van der Waals surface area contributed by atoms with Crippen LogP contribution in [0.5, 0.6) is 5.75 Å². The molecule has 5 nitrogen and oxygen atoms in total. The van der Waals surface area contributed by atoms with Gasteiger partial charge in [-0.15, -0.1) is 0 Å². The van der Waals surface area contributed by atoms with Crippen LogP contribution in [0, 0.1) is 20.8 Å². The van der Waals surface area contributed by atoms with Crippen LogP contribution in [-0.4, -0.2) is 19.1 Å². The zero-order chi connectivity index (χ0) is 21.4. The molecule has 0 aliphatic heterocycles. The number of fused-ring (bicyclic) bond motifs is 3. The van der Waals surface area contributed by atoms with Crippen LogP contribution >= 0.6 is 0 Å². The number of carbonyl (C=O) groups excluding carboxylic acids is 1. The van der Waals surface area contributed by atoms with Crippen LogP contribution in [0.15, 0.2) is 52.9 Å². The van der Waals surface area contributed by atoms with E-state index in [1.165, 1.54) is 5.56 Å². The number of hydrogen-bond donors (Lipinski definition) is 2. The first-order chi connectivity index (χ1) is 14.4. The van der Waals surface area contributed by atoms with E-state index >= 15 is 0 Å². The Morgan fingerprint density at radius 3 is 2.37 bits per heavy atom. The van der Waals surface area contributed by atoms with Gasteiger partial charge in [0.15, 0.2) is 0 Å². The summed E-state index contributed by atoms with van der Waals surface area (Å²) in [5.74, 6) is 0.549. The number of methoxy groups -OCH3 is 1. The Morgan fingerprint density at radius 2 is 1.67 bits per heavy atom. The predicted octanol–water partition coefficient (Wildman–Crippen LogP) is 5.96. The van der Waals surface area contributed by atoms with E-state index in [0.29, 0.717) is 11.4 Å². The van der Waals surface area contributed by atoms with E-state index in [1.807, 2.05) is 57.2 Å². The van der Waals surface area contributed by atoms with Gasteiger partial charge in [0.2, 0.25) is 5.91 Å². The molecule has 0 aliphatic rings. The highest BCUT2D eigenvalue weighted by molar-refractivity contribution is 6.07. The van der Waals surface area contributed by atoms with Crippen molar-refractivity contribution < 1.29 is 13.9 Å². The summed E-state index contributed by atoms with van der Waals surface area (Å²) >= 11 is 0. The molecule has 2 N–H and O–H groups in total. The summed E-state index contributed by atoms with van der Waals surface area (Å²) in [4.78, 5) is 12.9. The number of ether oxygens (including phenoxy) is 1. The fourth-order valence-corrected chi connectivity index (χ4v) is 3.94. The first kappa shape index (κ1) is 19.8. The van der Waals surface area contributed by atoms with Crippen molar-refractivity contribution in [1.82, 2.24) is 0 Å². The minimum atomic E-state index is -0.471. The maximum absolute atomic E-state index is 12.9. The quantitative estimate of drug-likeness (QED) is 0.432. The molecule has 30 heavy (non-hydrogen) atoms. The smallest absolute Gasteiger partial charge is 0.246 e. The third-order valence-corrected chi connectivity index (χ3v) is 5.39. The summed E-state index contributed by atoms with van der Waals surface area (Å²) in [5, 5.41) is 8.35. The molecule has 0 fully saturated rings. The van der Waals surface area contributed by atoms with Crippen molar-refractivity contribution in [2.75, 3.05) is 17.7 Å².